The molecular formula is C22H24ClN3O2. The molecule has 0 aliphatic heterocycles. The smallest absolute Gasteiger partial charge is 0.260 e. The number of ether oxygens (including phenoxy) is 1. The van der Waals surface area contributed by atoms with E-state index in [1.807, 2.05) is 43.3 Å². The van der Waals surface area contributed by atoms with Crippen LogP contribution in [-0.2, 0) is 5.41 Å². The van der Waals surface area contributed by atoms with Crippen molar-refractivity contribution >= 4 is 23.3 Å². The molecule has 0 fully saturated rings. The summed E-state index contributed by atoms with van der Waals surface area (Å²) in [5.41, 5.74) is 1.83. The van der Waals surface area contributed by atoms with Gasteiger partial charge in [0, 0.05) is 11.5 Å². The summed E-state index contributed by atoms with van der Waals surface area (Å²) in [6, 6.07) is 16.5. The summed E-state index contributed by atoms with van der Waals surface area (Å²) in [6.45, 7) is 8.58. The molecule has 0 aliphatic rings. The van der Waals surface area contributed by atoms with E-state index in [9.17, 15) is 4.79 Å². The lowest BCUT2D eigenvalue weighted by molar-refractivity contribution is 0.102. The molecule has 0 bridgehead atoms. The minimum absolute atomic E-state index is 0.185. The number of amides is 1. The van der Waals surface area contributed by atoms with Crippen LogP contribution in [0.3, 0.4) is 0 Å². The third-order valence-electron chi connectivity index (χ3n) is 4.23. The maximum Gasteiger partial charge on any atom is 0.260 e. The van der Waals surface area contributed by atoms with Crippen LogP contribution in [-0.4, -0.2) is 22.3 Å². The molecule has 2 aromatic carbocycles. The van der Waals surface area contributed by atoms with Gasteiger partial charge in [0.1, 0.15) is 11.6 Å². The molecule has 28 heavy (non-hydrogen) atoms. The van der Waals surface area contributed by atoms with Crippen molar-refractivity contribution < 1.29 is 9.53 Å². The highest BCUT2D eigenvalue weighted by molar-refractivity contribution is 6.32. The summed E-state index contributed by atoms with van der Waals surface area (Å²) < 4.78 is 7.26. The fraction of sp³-hybridized carbons (Fsp3) is 0.273. The van der Waals surface area contributed by atoms with Crippen LogP contribution in [0, 0.1) is 0 Å². The third-order valence-corrected chi connectivity index (χ3v) is 4.55. The second-order valence-corrected chi connectivity index (χ2v) is 7.82. The Labute approximate surface area is 170 Å². The van der Waals surface area contributed by atoms with Crippen molar-refractivity contribution in [3.63, 3.8) is 0 Å². The first-order valence-corrected chi connectivity index (χ1v) is 9.57. The first kappa shape index (κ1) is 20.0. The number of benzene rings is 2. The Bertz CT molecular complexity index is 989. The predicted octanol–water partition coefficient (Wildman–Crippen LogP) is 5.47. The molecular weight excluding hydrogens is 374 g/mol. The van der Waals surface area contributed by atoms with Gasteiger partial charge in [-0.2, -0.15) is 5.10 Å². The summed E-state index contributed by atoms with van der Waals surface area (Å²) in [5.74, 6) is 0.828. The van der Waals surface area contributed by atoms with Crippen LogP contribution in [0.25, 0.3) is 5.69 Å². The van der Waals surface area contributed by atoms with Crippen molar-refractivity contribution in [3.8, 4) is 11.4 Å². The van der Waals surface area contributed by atoms with Crippen molar-refractivity contribution in [1.82, 2.24) is 9.78 Å². The number of hydrogen-bond donors (Lipinski definition) is 1. The molecule has 0 spiro atoms. The van der Waals surface area contributed by atoms with E-state index in [0.29, 0.717) is 34.4 Å². The van der Waals surface area contributed by atoms with Crippen molar-refractivity contribution in [3.05, 3.63) is 70.9 Å². The lowest BCUT2D eigenvalue weighted by Crippen LogP contribution is -2.16. The number of carbonyl (C=O) groups excluding carboxylic acids is 1. The zero-order valence-electron chi connectivity index (χ0n) is 16.5. The molecule has 1 aromatic heterocycles. The van der Waals surface area contributed by atoms with Gasteiger partial charge in [0.05, 0.1) is 28.6 Å². The molecule has 0 radical (unpaired) electrons. The van der Waals surface area contributed by atoms with Gasteiger partial charge in [-0.15, -0.1) is 0 Å². The average Bonchev–Trinajstić information content (AvgIpc) is 3.07. The number of hydrogen-bond acceptors (Lipinski definition) is 3. The number of rotatable bonds is 5. The van der Waals surface area contributed by atoms with Crippen molar-refractivity contribution in [1.29, 1.82) is 0 Å². The van der Waals surface area contributed by atoms with Gasteiger partial charge in [-0.1, -0.05) is 56.6 Å². The van der Waals surface area contributed by atoms with E-state index in [1.54, 1.807) is 22.9 Å². The lowest BCUT2D eigenvalue weighted by atomic mass is 9.92. The number of nitrogens with zero attached hydrogens (tertiary/aromatic N) is 2. The van der Waals surface area contributed by atoms with Gasteiger partial charge in [-0.25, -0.2) is 4.68 Å². The van der Waals surface area contributed by atoms with E-state index in [1.165, 1.54) is 0 Å². The van der Waals surface area contributed by atoms with Gasteiger partial charge in [0.2, 0.25) is 0 Å². The van der Waals surface area contributed by atoms with Gasteiger partial charge in [0.25, 0.3) is 5.91 Å². The standard InChI is InChI=1S/C22H24ClN3O2/c1-5-28-18-13-9-6-10-15(18)21(27)24-20-14-19(22(2,3)4)25-26(20)17-12-8-7-11-16(17)23/h6-14H,5H2,1-4H3,(H,24,27). The van der Waals surface area contributed by atoms with Gasteiger partial charge >= 0.3 is 0 Å². The molecule has 0 saturated carbocycles. The first-order chi connectivity index (χ1) is 13.3. The second-order valence-electron chi connectivity index (χ2n) is 7.41. The topological polar surface area (TPSA) is 56.1 Å². The van der Waals surface area contributed by atoms with E-state index in [2.05, 4.69) is 26.1 Å². The molecule has 6 heteroatoms. The van der Waals surface area contributed by atoms with Crippen LogP contribution >= 0.6 is 11.6 Å². The number of para-hydroxylation sites is 2. The Balaban J connectivity index is 2.03. The molecule has 1 N–H and O–H groups in total. The lowest BCUT2D eigenvalue weighted by Gasteiger charge is -2.14. The molecule has 0 aliphatic carbocycles. The molecule has 0 atom stereocenters. The molecule has 3 aromatic rings. The molecule has 5 nitrogen and oxygen atoms in total. The Kier molecular flexibility index (Phi) is 5.75. The molecule has 0 unspecified atom stereocenters. The van der Waals surface area contributed by atoms with Crippen LogP contribution in [0.15, 0.2) is 54.6 Å². The third kappa shape index (κ3) is 4.20. The highest BCUT2D eigenvalue weighted by atomic mass is 35.5. The number of aromatic nitrogens is 2. The van der Waals surface area contributed by atoms with Crippen molar-refractivity contribution in [2.45, 2.75) is 33.1 Å². The number of carbonyl (C=O) groups is 1. The Morgan fingerprint density at radius 1 is 1.14 bits per heavy atom. The largest absolute Gasteiger partial charge is 0.493 e. The minimum Gasteiger partial charge on any atom is -0.493 e. The fourth-order valence-electron chi connectivity index (χ4n) is 2.76. The SMILES string of the molecule is CCOc1ccccc1C(=O)Nc1cc(C(C)(C)C)nn1-c1ccccc1Cl. The van der Waals surface area contributed by atoms with E-state index in [-0.39, 0.29) is 11.3 Å². The quantitative estimate of drug-likeness (QED) is 0.620. The maximum atomic E-state index is 13.0. The maximum absolute atomic E-state index is 13.0. The van der Waals surface area contributed by atoms with Crippen LogP contribution in [0.4, 0.5) is 5.82 Å². The average molecular weight is 398 g/mol. The zero-order chi connectivity index (χ0) is 20.3. The normalized spacial score (nSPS) is 11.3. The van der Waals surface area contributed by atoms with Crippen LogP contribution in [0.5, 0.6) is 5.75 Å². The second kappa shape index (κ2) is 8.07. The minimum atomic E-state index is -0.266. The molecule has 1 amide bonds. The molecule has 1 heterocycles. The Hall–Kier alpha value is -2.79. The summed E-state index contributed by atoms with van der Waals surface area (Å²) >= 11 is 6.38. The number of anilines is 1. The van der Waals surface area contributed by atoms with E-state index in [4.69, 9.17) is 21.4 Å². The fourth-order valence-corrected chi connectivity index (χ4v) is 2.98. The van der Waals surface area contributed by atoms with E-state index in [0.717, 1.165) is 5.69 Å². The van der Waals surface area contributed by atoms with E-state index >= 15 is 0 Å². The summed E-state index contributed by atoms with van der Waals surface area (Å²) in [6.07, 6.45) is 0. The van der Waals surface area contributed by atoms with Gasteiger partial charge in [-0.3, -0.25) is 4.79 Å². The van der Waals surface area contributed by atoms with Gasteiger partial charge in [-0.05, 0) is 31.2 Å². The van der Waals surface area contributed by atoms with Crippen molar-refractivity contribution in [2.24, 2.45) is 0 Å². The number of halogens is 1. The van der Waals surface area contributed by atoms with Crippen LogP contribution in [0.2, 0.25) is 5.02 Å². The first-order valence-electron chi connectivity index (χ1n) is 9.20. The number of nitrogens with one attached hydrogen (secondary N) is 1. The highest BCUT2D eigenvalue weighted by Gasteiger charge is 2.23. The summed E-state index contributed by atoms with van der Waals surface area (Å²) in [7, 11) is 0. The highest BCUT2D eigenvalue weighted by Crippen LogP contribution is 2.30. The van der Waals surface area contributed by atoms with Crippen LogP contribution < -0.4 is 10.1 Å². The molecule has 146 valence electrons. The molecule has 3 rings (SSSR count). The Morgan fingerprint density at radius 3 is 2.50 bits per heavy atom. The molecule has 0 saturated heterocycles. The van der Waals surface area contributed by atoms with Gasteiger partial charge in [0.15, 0.2) is 0 Å². The summed E-state index contributed by atoms with van der Waals surface area (Å²) in [4.78, 5) is 13.0. The zero-order valence-corrected chi connectivity index (χ0v) is 17.2. The van der Waals surface area contributed by atoms with E-state index < -0.39 is 0 Å². The Morgan fingerprint density at radius 2 is 1.82 bits per heavy atom. The van der Waals surface area contributed by atoms with Crippen molar-refractivity contribution in [2.75, 3.05) is 11.9 Å². The van der Waals surface area contributed by atoms with Crippen LogP contribution in [0.1, 0.15) is 43.7 Å². The summed E-state index contributed by atoms with van der Waals surface area (Å²) in [5, 5.41) is 8.22. The predicted molar refractivity (Wildman–Crippen MR) is 113 cm³/mol. The van der Waals surface area contributed by atoms with Gasteiger partial charge < -0.3 is 10.1 Å². The monoisotopic (exact) mass is 397 g/mol.